The molecule has 0 saturated carbocycles. The summed E-state index contributed by atoms with van der Waals surface area (Å²) in [6.45, 7) is 0.680. The Morgan fingerprint density at radius 3 is 3.13 bits per heavy atom. The molecule has 2 aromatic rings. The zero-order valence-electron chi connectivity index (χ0n) is 7.77. The molecular formula is C9H9ClN4S. The van der Waals surface area contributed by atoms with Crippen LogP contribution < -0.4 is 11.1 Å². The van der Waals surface area contributed by atoms with Gasteiger partial charge in [0, 0.05) is 6.54 Å². The molecule has 0 aliphatic carbocycles. The minimum atomic E-state index is 0.215. The maximum atomic E-state index is 5.90. The van der Waals surface area contributed by atoms with Gasteiger partial charge >= 0.3 is 0 Å². The Labute approximate surface area is 96.1 Å². The molecule has 2 rings (SSSR count). The zero-order chi connectivity index (χ0) is 10.7. The van der Waals surface area contributed by atoms with Crippen molar-refractivity contribution in [2.45, 2.75) is 6.54 Å². The summed E-state index contributed by atoms with van der Waals surface area (Å²) in [7, 11) is 0. The third kappa shape index (κ3) is 2.57. The van der Waals surface area contributed by atoms with Crippen molar-refractivity contribution in [1.82, 2.24) is 9.97 Å². The average Bonchev–Trinajstić information content (AvgIpc) is 2.72. The minimum absolute atomic E-state index is 0.215. The topological polar surface area (TPSA) is 63.8 Å². The number of nitrogen functional groups attached to an aromatic ring is 1. The highest BCUT2D eigenvalue weighted by Gasteiger charge is 2.03. The van der Waals surface area contributed by atoms with Gasteiger partial charge in [-0.2, -0.15) is 16.3 Å². The summed E-state index contributed by atoms with van der Waals surface area (Å²) < 4.78 is 0. The van der Waals surface area contributed by atoms with Crippen LogP contribution in [-0.2, 0) is 6.54 Å². The molecule has 0 amide bonds. The molecular weight excluding hydrogens is 232 g/mol. The van der Waals surface area contributed by atoms with Crippen LogP contribution >= 0.6 is 22.9 Å². The molecule has 0 aliphatic rings. The van der Waals surface area contributed by atoms with Crippen molar-refractivity contribution in [3.05, 3.63) is 33.6 Å². The second-order valence-electron chi connectivity index (χ2n) is 2.91. The molecule has 2 heterocycles. The van der Waals surface area contributed by atoms with E-state index < -0.39 is 0 Å². The van der Waals surface area contributed by atoms with E-state index in [0.717, 1.165) is 0 Å². The fourth-order valence-electron chi connectivity index (χ4n) is 1.08. The van der Waals surface area contributed by atoms with E-state index in [0.29, 0.717) is 17.4 Å². The van der Waals surface area contributed by atoms with E-state index in [1.165, 1.54) is 11.8 Å². The van der Waals surface area contributed by atoms with E-state index in [-0.39, 0.29) is 5.95 Å². The van der Waals surface area contributed by atoms with E-state index in [9.17, 15) is 0 Å². The second kappa shape index (κ2) is 4.46. The zero-order valence-corrected chi connectivity index (χ0v) is 9.35. The maximum absolute atomic E-state index is 5.90. The molecule has 78 valence electrons. The van der Waals surface area contributed by atoms with Crippen LogP contribution in [0.2, 0.25) is 5.02 Å². The number of thiophene rings is 1. The Morgan fingerprint density at radius 2 is 2.40 bits per heavy atom. The third-order valence-corrected chi connectivity index (χ3v) is 2.81. The third-order valence-electron chi connectivity index (χ3n) is 1.80. The van der Waals surface area contributed by atoms with Crippen LogP contribution in [0.3, 0.4) is 0 Å². The second-order valence-corrected chi connectivity index (χ2v) is 4.10. The SMILES string of the molecule is Nc1ncc(Cl)c(NCc2ccsc2)n1. The van der Waals surface area contributed by atoms with Crippen LogP contribution in [-0.4, -0.2) is 9.97 Å². The molecule has 0 aliphatic heterocycles. The van der Waals surface area contributed by atoms with Gasteiger partial charge in [-0.25, -0.2) is 4.98 Å². The van der Waals surface area contributed by atoms with E-state index in [1.807, 2.05) is 11.4 Å². The Bertz CT molecular complexity index is 443. The van der Waals surface area contributed by atoms with Gasteiger partial charge in [-0.15, -0.1) is 0 Å². The molecule has 6 heteroatoms. The van der Waals surface area contributed by atoms with E-state index in [4.69, 9.17) is 17.3 Å². The first kappa shape index (κ1) is 10.2. The summed E-state index contributed by atoms with van der Waals surface area (Å²) in [4.78, 5) is 7.78. The molecule has 0 spiro atoms. The molecule has 0 radical (unpaired) electrons. The van der Waals surface area contributed by atoms with E-state index >= 15 is 0 Å². The number of rotatable bonds is 3. The Balaban J connectivity index is 2.07. The van der Waals surface area contributed by atoms with Crippen molar-refractivity contribution in [2.24, 2.45) is 0 Å². The number of aromatic nitrogens is 2. The lowest BCUT2D eigenvalue weighted by molar-refractivity contribution is 1.10. The highest BCUT2D eigenvalue weighted by molar-refractivity contribution is 7.07. The van der Waals surface area contributed by atoms with Gasteiger partial charge in [-0.05, 0) is 22.4 Å². The van der Waals surface area contributed by atoms with Gasteiger partial charge in [-0.1, -0.05) is 11.6 Å². The first-order valence-corrected chi connectivity index (χ1v) is 5.61. The van der Waals surface area contributed by atoms with Gasteiger partial charge < -0.3 is 11.1 Å². The smallest absolute Gasteiger partial charge is 0.222 e. The molecule has 4 nitrogen and oxygen atoms in total. The van der Waals surface area contributed by atoms with Crippen molar-refractivity contribution in [3.63, 3.8) is 0 Å². The van der Waals surface area contributed by atoms with Crippen LogP contribution in [0.15, 0.2) is 23.0 Å². The quantitative estimate of drug-likeness (QED) is 0.865. The lowest BCUT2D eigenvalue weighted by Gasteiger charge is -2.05. The summed E-state index contributed by atoms with van der Waals surface area (Å²) in [6, 6.07) is 2.04. The fourth-order valence-corrected chi connectivity index (χ4v) is 1.91. The van der Waals surface area contributed by atoms with Crippen LogP contribution in [0.25, 0.3) is 0 Å². The molecule has 15 heavy (non-hydrogen) atoms. The van der Waals surface area contributed by atoms with Crippen LogP contribution in [0.1, 0.15) is 5.56 Å². The number of nitrogens with zero attached hydrogens (tertiary/aromatic N) is 2. The van der Waals surface area contributed by atoms with Crippen molar-refractivity contribution < 1.29 is 0 Å². The van der Waals surface area contributed by atoms with Gasteiger partial charge in [-0.3, -0.25) is 0 Å². The maximum Gasteiger partial charge on any atom is 0.222 e. The molecule has 0 unspecified atom stereocenters. The number of hydrogen-bond donors (Lipinski definition) is 2. The molecule has 0 atom stereocenters. The Kier molecular flexibility index (Phi) is 3.03. The normalized spacial score (nSPS) is 10.2. The summed E-state index contributed by atoms with van der Waals surface area (Å²) >= 11 is 7.55. The number of hydrogen-bond acceptors (Lipinski definition) is 5. The molecule has 2 aromatic heterocycles. The van der Waals surface area contributed by atoms with Crippen molar-refractivity contribution >= 4 is 34.7 Å². The van der Waals surface area contributed by atoms with E-state index in [1.54, 1.807) is 11.3 Å². The van der Waals surface area contributed by atoms with Crippen molar-refractivity contribution in [1.29, 1.82) is 0 Å². The lowest BCUT2D eigenvalue weighted by atomic mass is 10.3. The largest absolute Gasteiger partial charge is 0.368 e. The van der Waals surface area contributed by atoms with Gasteiger partial charge in [0.2, 0.25) is 5.95 Å². The summed E-state index contributed by atoms with van der Waals surface area (Å²) in [5, 5.41) is 7.65. The van der Waals surface area contributed by atoms with Crippen LogP contribution in [0.4, 0.5) is 11.8 Å². The lowest BCUT2D eigenvalue weighted by Crippen LogP contribution is -2.04. The van der Waals surface area contributed by atoms with E-state index in [2.05, 4.69) is 20.7 Å². The predicted molar refractivity (Wildman–Crippen MR) is 63.1 cm³/mol. The van der Waals surface area contributed by atoms with Crippen molar-refractivity contribution in [3.8, 4) is 0 Å². The first-order valence-electron chi connectivity index (χ1n) is 4.28. The molecule has 0 saturated heterocycles. The molecule has 0 aromatic carbocycles. The molecule has 0 fully saturated rings. The van der Waals surface area contributed by atoms with Crippen molar-refractivity contribution in [2.75, 3.05) is 11.1 Å². The van der Waals surface area contributed by atoms with Crippen LogP contribution in [0, 0.1) is 0 Å². The number of nitrogens with two attached hydrogens (primary N) is 1. The standard InChI is InChI=1S/C9H9ClN4S/c10-7-4-13-9(11)14-8(7)12-3-6-1-2-15-5-6/h1-2,4-5H,3H2,(H3,11,12,13,14). The fraction of sp³-hybridized carbons (Fsp3) is 0.111. The molecule has 3 N–H and O–H groups in total. The predicted octanol–water partition coefficient (Wildman–Crippen LogP) is 2.39. The summed E-state index contributed by atoms with van der Waals surface area (Å²) in [5.74, 6) is 0.780. The average molecular weight is 241 g/mol. The number of halogens is 1. The Hall–Kier alpha value is -1.33. The summed E-state index contributed by atoms with van der Waals surface area (Å²) in [6.07, 6.45) is 1.49. The van der Waals surface area contributed by atoms with Gasteiger partial charge in [0.1, 0.15) is 5.02 Å². The first-order chi connectivity index (χ1) is 7.25. The highest BCUT2D eigenvalue weighted by Crippen LogP contribution is 2.19. The Morgan fingerprint density at radius 1 is 1.53 bits per heavy atom. The monoisotopic (exact) mass is 240 g/mol. The van der Waals surface area contributed by atoms with Crippen LogP contribution in [0.5, 0.6) is 0 Å². The number of anilines is 2. The van der Waals surface area contributed by atoms with Gasteiger partial charge in [0.25, 0.3) is 0 Å². The van der Waals surface area contributed by atoms with Gasteiger partial charge in [0.15, 0.2) is 5.82 Å². The minimum Gasteiger partial charge on any atom is -0.368 e. The highest BCUT2D eigenvalue weighted by atomic mass is 35.5. The van der Waals surface area contributed by atoms with Gasteiger partial charge in [0.05, 0.1) is 6.20 Å². The molecule has 0 bridgehead atoms. The summed E-state index contributed by atoms with van der Waals surface area (Å²) in [5.41, 5.74) is 6.65. The number of nitrogens with one attached hydrogen (secondary N) is 1.